The number of benzene rings is 1. The number of amides is 1. The van der Waals surface area contributed by atoms with Gasteiger partial charge in [-0.05, 0) is 44.0 Å². The van der Waals surface area contributed by atoms with E-state index in [1.165, 1.54) is 12.1 Å². The fraction of sp³-hybridized carbons (Fsp3) is 0.133. The number of carbonyl (C=O) groups is 2. The van der Waals surface area contributed by atoms with E-state index in [1.807, 2.05) is 0 Å². The molecule has 3 rings (SSSR count). The fourth-order valence-electron chi connectivity index (χ4n) is 2.30. The Morgan fingerprint density at radius 2 is 1.91 bits per heavy atom. The first-order valence-electron chi connectivity index (χ1n) is 6.60. The van der Waals surface area contributed by atoms with Crippen LogP contribution in [0.2, 0.25) is 0 Å². The highest BCUT2D eigenvalue weighted by Crippen LogP contribution is 2.33. The molecule has 118 valence electrons. The number of rotatable bonds is 2. The van der Waals surface area contributed by atoms with Crippen LogP contribution in [0.3, 0.4) is 0 Å². The molecule has 0 unspecified atom stereocenters. The summed E-state index contributed by atoms with van der Waals surface area (Å²) in [6, 6.07) is 4.61. The number of carbonyl (C=O) groups excluding carboxylic acids is 1. The first-order chi connectivity index (χ1) is 11.0. The summed E-state index contributed by atoms with van der Waals surface area (Å²) in [5.74, 6) is -0.735. The molecule has 0 saturated heterocycles. The van der Waals surface area contributed by atoms with Crippen LogP contribution in [0, 0.1) is 0 Å². The predicted molar refractivity (Wildman–Crippen MR) is 90.2 cm³/mol. The van der Waals surface area contributed by atoms with Gasteiger partial charge >= 0.3 is 5.97 Å². The summed E-state index contributed by atoms with van der Waals surface area (Å²) < 4.78 is 6.27. The van der Waals surface area contributed by atoms with E-state index in [0.717, 1.165) is 0 Å². The monoisotopic (exact) mass is 440 g/mol. The normalized spacial score (nSPS) is 13.2. The Morgan fingerprint density at radius 1 is 1.22 bits per heavy atom. The lowest BCUT2D eigenvalue weighted by molar-refractivity contribution is 0.0695. The molecule has 0 fully saturated rings. The van der Waals surface area contributed by atoms with Gasteiger partial charge in [0.15, 0.2) is 0 Å². The zero-order valence-electron chi connectivity index (χ0n) is 11.6. The number of fused-ring (bicyclic) bond motifs is 1. The Bertz CT molecular complexity index is 810. The molecule has 1 aromatic heterocycles. The minimum atomic E-state index is -1.07. The molecule has 1 aliphatic heterocycles. The lowest BCUT2D eigenvalue weighted by Crippen LogP contribution is -2.38. The maximum absolute atomic E-state index is 12.9. The van der Waals surface area contributed by atoms with Crippen LogP contribution in [0.25, 0.3) is 0 Å². The van der Waals surface area contributed by atoms with Gasteiger partial charge < -0.3 is 14.7 Å². The topological polar surface area (TPSA) is 79.7 Å². The van der Waals surface area contributed by atoms with Crippen molar-refractivity contribution in [2.45, 2.75) is 0 Å². The number of carboxylic acid groups (broad SMARTS) is 1. The van der Waals surface area contributed by atoms with Crippen molar-refractivity contribution in [3.8, 4) is 5.75 Å². The van der Waals surface area contributed by atoms with E-state index in [1.54, 1.807) is 23.4 Å². The minimum absolute atomic E-state index is 0.0810. The third-order valence-electron chi connectivity index (χ3n) is 3.39. The summed E-state index contributed by atoms with van der Waals surface area (Å²) in [4.78, 5) is 29.6. The van der Waals surface area contributed by atoms with E-state index >= 15 is 0 Å². The van der Waals surface area contributed by atoms with E-state index in [2.05, 4.69) is 36.8 Å². The van der Waals surface area contributed by atoms with Crippen LogP contribution < -0.4 is 9.64 Å². The van der Waals surface area contributed by atoms with Crippen LogP contribution in [-0.4, -0.2) is 35.1 Å². The predicted octanol–water partition coefficient (Wildman–Crippen LogP) is 3.34. The molecule has 1 aliphatic rings. The summed E-state index contributed by atoms with van der Waals surface area (Å²) in [5.41, 5.74) is 1.03. The summed E-state index contributed by atoms with van der Waals surface area (Å²) in [6.45, 7) is 0.775. The van der Waals surface area contributed by atoms with Crippen molar-refractivity contribution in [3.05, 3.63) is 50.7 Å². The molecule has 6 nitrogen and oxygen atoms in total. The molecular formula is C15H10Br2N2O4. The number of halogens is 2. The molecule has 0 radical (unpaired) electrons. The Morgan fingerprint density at radius 3 is 2.65 bits per heavy atom. The molecular weight excluding hydrogens is 432 g/mol. The van der Waals surface area contributed by atoms with Crippen molar-refractivity contribution in [2.75, 3.05) is 18.1 Å². The van der Waals surface area contributed by atoms with Gasteiger partial charge in [-0.1, -0.05) is 0 Å². The third kappa shape index (κ3) is 2.96. The second-order valence-corrected chi connectivity index (χ2v) is 6.47. The van der Waals surface area contributed by atoms with Gasteiger partial charge in [0.2, 0.25) is 0 Å². The van der Waals surface area contributed by atoms with Crippen LogP contribution in [0.5, 0.6) is 5.75 Å². The van der Waals surface area contributed by atoms with Gasteiger partial charge in [0.05, 0.1) is 23.9 Å². The lowest BCUT2D eigenvalue weighted by atomic mass is 10.1. The van der Waals surface area contributed by atoms with Gasteiger partial charge in [-0.15, -0.1) is 0 Å². The molecule has 1 amide bonds. The number of nitrogens with zero attached hydrogens (tertiary/aromatic N) is 2. The number of hydrogen-bond donors (Lipinski definition) is 1. The van der Waals surface area contributed by atoms with Gasteiger partial charge in [-0.3, -0.25) is 9.78 Å². The Labute approximate surface area is 148 Å². The SMILES string of the molecule is O=C(O)c1cc(Br)c(C(=O)N2CCOc3ccncc32)cc1Br. The molecule has 0 spiro atoms. The summed E-state index contributed by atoms with van der Waals surface area (Å²) in [6.07, 6.45) is 3.17. The van der Waals surface area contributed by atoms with Crippen LogP contribution in [0.15, 0.2) is 39.5 Å². The highest BCUT2D eigenvalue weighted by atomic mass is 79.9. The zero-order chi connectivity index (χ0) is 16.6. The van der Waals surface area contributed by atoms with Crippen LogP contribution in [0.4, 0.5) is 5.69 Å². The average molecular weight is 442 g/mol. The molecule has 2 aromatic rings. The number of aromatic carboxylic acids is 1. The van der Waals surface area contributed by atoms with Crippen LogP contribution in [0.1, 0.15) is 20.7 Å². The minimum Gasteiger partial charge on any atom is -0.489 e. The van der Waals surface area contributed by atoms with Crippen molar-refractivity contribution in [3.63, 3.8) is 0 Å². The quantitative estimate of drug-likeness (QED) is 0.772. The largest absolute Gasteiger partial charge is 0.489 e. The standard InChI is InChI=1S/C15H10Br2N2O4/c16-10-6-9(15(21)22)11(17)5-8(10)14(20)19-3-4-23-13-1-2-18-7-12(13)19/h1-2,5-7H,3-4H2,(H,21,22). The molecule has 23 heavy (non-hydrogen) atoms. The van der Waals surface area contributed by atoms with E-state index < -0.39 is 5.97 Å². The first-order valence-corrected chi connectivity index (χ1v) is 8.18. The second-order valence-electron chi connectivity index (χ2n) is 4.77. The van der Waals surface area contributed by atoms with Gasteiger partial charge in [-0.2, -0.15) is 0 Å². The fourth-order valence-corrected chi connectivity index (χ4v) is 3.32. The molecule has 1 aromatic carbocycles. The average Bonchev–Trinajstić information content (AvgIpc) is 2.55. The van der Waals surface area contributed by atoms with Crippen molar-refractivity contribution >= 4 is 49.4 Å². The van der Waals surface area contributed by atoms with Crippen LogP contribution in [-0.2, 0) is 0 Å². The van der Waals surface area contributed by atoms with E-state index in [0.29, 0.717) is 39.1 Å². The second kappa shape index (κ2) is 6.29. The Balaban J connectivity index is 2.02. The Kier molecular flexibility index (Phi) is 4.36. The van der Waals surface area contributed by atoms with Crippen molar-refractivity contribution in [1.82, 2.24) is 4.98 Å². The van der Waals surface area contributed by atoms with E-state index in [9.17, 15) is 9.59 Å². The van der Waals surface area contributed by atoms with Gasteiger partial charge in [0.1, 0.15) is 18.0 Å². The molecule has 0 atom stereocenters. The lowest BCUT2D eigenvalue weighted by Gasteiger charge is -2.29. The smallest absolute Gasteiger partial charge is 0.336 e. The zero-order valence-corrected chi connectivity index (χ0v) is 14.8. The third-order valence-corrected chi connectivity index (χ3v) is 4.70. The van der Waals surface area contributed by atoms with E-state index in [4.69, 9.17) is 9.84 Å². The molecule has 0 saturated carbocycles. The summed E-state index contributed by atoms with van der Waals surface area (Å²) in [7, 11) is 0. The number of hydrogen-bond acceptors (Lipinski definition) is 4. The van der Waals surface area contributed by atoms with Crippen LogP contribution >= 0.6 is 31.9 Å². The number of pyridine rings is 1. The maximum Gasteiger partial charge on any atom is 0.336 e. The van der Waals surface area contributed by atoms with Crippen molar-refractivity contribution < 1.29 is 19.4 Å². The van der Waals surface area contributed by atoms with E-state index in [-0.39, 0.29) is 11.5 Å². The molecule has 0 bridgehead atoms. The molecule has 0 aliphatic carbocycles. The number of ether oxygens (including phenoxy) is 1. The molecule has 1 N–H and O–H groups in total. The number of anilines is 1. The molecule has 8 heteroatoms. The van der Waals surface area contributed by atoms with Gasteiger partial charge in [-0.25, -0.2) is 4.79 Å². The maximum atomic E-state index is 12.9. The number of aromatic nitrogens is 1. The molecule has 2 heterocycles. The highest BCUT2D eigenvalue weighted by molar-refractivity contribution is 9.11. The van der Waals surface area contributed by atoms with Crippen molar-refractivity contribution in [1.29, 1.82) is 0 Å². The van der Waals surface area contributed by atoms with Gasteiger partial charge in [0, 0.05) is 21.2 Å². The number of carboxylic acids is 1. The first kappa shape index (κ1) is 15.9. The Hall–Kier alpha value is -1.93. The summed E-state index contributed by atoms with van der Waals surface area (Å²) in [5, 5.41) is 9.13. The van der Waals surface area contributed by atoms with Crippen molar-refractivity contribution in [2.24, 2.45) is 0 Å². The van der Waals surface area contributed by atoms with Gasteiger partial charge in [0.25, 0.3) is 5.91 Å². The highest BCUT2D eigenvalue weighted by Gasteiger charge is 2.27. The summed E-state index contributed by atoms with van der Waals surface area (Å²) >= 11 is 6.47.